The zero-order valence-corrected chi connectivity index (χ0v) is 14.2. The molecule has 1 unspecified atom stereocenters. The van der Waals surface area contributed by atoms with Gasteiger partial charge >= 0.3 is 0 Å². The Balaban J connectivity index is 2.47. The summed E-state index contributed by atoms with van der Waals surface area (Å²) in [5.41, 5.74) is 3.93. The Hall–Kier alpha value is 0.170. The van der Waals surface area contributed by atoms with Crippen molar-refractivity contribution in [3.05, 3.63) is 54.6 Å². The van der Waals surface area contributed by atoms with Crippen molar-refractivity contribution in [3.63, 3.8) is 0 Å². The fourth-order valence-electron chi connectivity index (χ4n) is 1.86. The Morgan fingerprint density at radius 1 is 1.24 bits per heavy atom. The van der Waals surface area contributed by atoms with Gasteiger partial charge in [-0.2, -0.15) is 0 Å². The summed E-state index contributed by atoms with van der Waals surface area (Å²) in [6.07, 6.45) is 0. The van der Waals surface area contributed by atoms with Crippen molar-refractivity contribution in [1.82, 2.24) is 0 Å². The van der Waals surface area contributed by atoms with Gasteiger partial charge in [0.15, 0.2) is 0 Å². The lowest BCUT2D eigenvalue weighted by atomic mass is 9.99. The van der Waals surface area contributed by atoms with Crippen molar-refractivity contribution in [2.75, 3.05) is 0 Å². The van der Waals surface area contributed by atoms with E-state index in [1.165, 1.54) is 21.6 Å². The highest BCUT2D eigenvalue weighted by Gasteiger charge is 2.18. The number of hydrogen-bond acceptors (Lipinski definition) is 1. The van der Waals surface area contributed by atoms with E-state index in [9.17, 15) is 0 Å². The first-order valence-electron chi connectivity index (χ1n) is 5.15. The normalized spacial score (nSPS) is 12.8. The number of hydrogen-bond donors (Lipinski definition) is 0. The van der Waals surface area contributed by atoms with Crippen molar-refractivity contribution in [3.8, 4) is 0 Å². The van der Waals surface area contributed by atoms with E-state index in [0.29, 0.717) is 0 Å². The molecule has 0 spiro atoms. The lowest BCUT2D eigenvalue weighted by Crippen LogP contribution is -1.96. The van der Waals surface area contributed by atoms with E-state index in [2.05, 4.69) is 63.9 Å². The van der Waals surface area contributed by atoms with Crippen LogP contribution in [0.1, 0.15) is 26.4 Å². The van der Waals surface area contributed by atoms with E-state index in [1.54, 1.807) is 11.3 Å². The lowest BCUT2D eigenvalue weighted by Gasteiger charge is -2.14. The summed E-state index contributed by atoms with van der Waals surface area (Å²) in [4.78, 5) is 1.43. The van der Waals surface area contributed by atoms with Crippen LogP contribution < -0.4 is 0 Å². The van der Waals surface area contributed by atoms with E-state index in [0.717, 1.165) is 8.81 Å². The van der Waals surface area contributed by atoms with Gasteiger partial charge in [0, 0.05) is 4.88 Å². The molecule has 0 fully saturated rings. The molecular formula is C13H11Br2ClS. The van der Waals surface area contributed by atoms with Crippen molar-refractivity contribution in [1.29, 1.82) is 0 Å². The topological polar surface area (TPSA) is 0 Å². The SMILES string of the molecule is Cc1cccc(C)c1C(Br)c1cc(Cl)c(Br)s1. The summed E-state index contributed by atoms with van der Waals surface area (Å²) in [6.45, 7) is 4.28. The average Bonchev–Trinajstić information content (AvgIpc) is 2.59. The minimum Gasteiger partial charge on any atom is -0.130 e. The Morgan fingerprint density at radius 2 is 1.82 bits per heavy atom. The van der Waals surface area contributed by atoms with Gasteiger partial charge in [-0.1, -0.05) is 45.7 Å². The van der Waals surface area contributed by atoms with Gasteiger partial charge in [-0.05, 0) is 52.5 Å². The second-order valence-corrected chi connectivity index (χ2v) is 7.66. The summed E-state index contributed by atoms with van der Waals surface area (Å²) >= 11 is 15.0. The monoisotopic (exact) mass is 392 g/mol. The molecule has 0 N–H and O–H groups in total. The molecule has 4 heteroatoms. The molecule has 0 nitrogen and oxygen atoms in total. The van der Waals surface area contributed by atoms with Gasteiger partial charge in [0.2, 0.25) is 0 Å². The van der Waals surface area contributed by atoms with Crippen molar-refractivity contribution in [2.45, 2.75) is 18.7 Å². The number of halogens is 3. The highest BCUT2D eigenvalue weighted by Crippen LogP contribution is 2.42. The molecular weight excluding hydrogens is 383 g/mol. The van der Waals surface area contributed by atoms with E-state index in [1.807, 2.05) is 6.07 Å². The first kappa shape index (κ1) is 13.6. The van der Waals surface area contributed by atoms with Gasteiger partial charge in [0.1, 0.15) is 0 Å². The maximum atomic E-state index is 6.08. The average molecular weight is 395 g/mol. The number of aryl methyl sites for hydroxylation is 2. The molecule has 0 saturated carbocycles. The first-order chi connectivity index (χ1) is 8.00. The van der Waals surface area contributed by atoms with Gasteiger partial charge in [0.25, 0.3) is 0 Å². The van der Waals surface area contributed by atoms with E-state index >= 15 is 0 Å². The van der Waals surface area contributed by atoms with Crippen LogP contribution in [-0.4, -0.2) is 0 Å². The molecule has 1 aromatic carbocycles. The third-order valence-electron chi connectivity index (χ3n) is 2.71. The second kappa shape index (κ2) is 5.43. The van der Waals surface area contributed by atoms with Gasteiger partial charge in [-0.3, -0.25) is 0 Å². The third-order valence-corrected chi connectivity index (χ3v) is 6.50. The fourth-order valence-corrected chi connectivity index (χ4v) is 4.73. The van der Waals surface area contributed by atoms with Gasteiger partial charge < -0.3 is 0 Å². The predicted molar refractivity (Wildman–Crippen MR) is 83.7 cm³/mol. The van der Waals surface area contributed by atoms with E-state index in [4.69, 9.17) is 11.6 Å². The molecule has 90 valence electrons. The van der Waals surface area contributed by atoms with E-state index in [-0.39, 0.29) is 4.83 Å². The van der Waals surface area contributed by atoms with Crippen molar-refractivity contribution in [2.24, 2.45) is 0 Å². The molecule has 2 aromatic rings. The maximum Gasteiger partial charge on any atom is 0.0887 e. The molecule has 0 saturated heterocycles. The standard InChI is InChI=1S/C13H11Br2ClS/c1-7-4-3-5-8(2)11(7)12(14)10-6-9(16)13(15)17-10/h3-6,12H,1-2H3. The zero-order valence-electron chi connectivity index (χ0n) is 9.43. The van der Waals surface area contributed by atoms with E-state index < -0.39 is 0 Å². The Kier molecular flexibility index (Phi) is 4.35. The van der Waals surface area contributed by atoms with Crippen LogP contribution in [0.15, 0.2) is 28.1 Å². The number of benzene rings is 1. The van der Waals surface area contributed by atoms with Crippen molar-refractivity contribution >= 4 is 54.8 Å². The number of alkyl halides is 1. The minimum absolute atomic E-state index is 0.206. The van der Waals surface area contributed by atoms with Crippen LogP contribution in [0, 0.1) is 13.8 Å². The second-order valence-electron chi connectivity index (χ2n) is 3.94. The zero-order chi connectivity index (χ0) is 12.6. The Bertz CT molecular complexity index is 509. The summed E-state index contributed by atoms with van der Waals surface area (Å²) in [7, 11) is 0. The highest BCUT2D eigenvalue weighted by molar-refractivity contribution is 9.11. The molecule has 1 atom stereocenters. The molecule has 0 aliphatic carbocycles. The van der Waals surface area contributed by atoms with Gasteiger partial charge in [0.05, 0.1) is 13.6 Å². The Labute approximate surface area is 127 Å². The lowest BCUT2D eigenvalue weighted by molar-refractivity contribution is 1.14. The smallest absolute Gasteiger partial charge is 0.0887 e. The maximum absolute atomic E-state index is 6.08. The summed E-state index contributed by atoms with van der Waals surface area (Å²) < 4.78 is 0.991. The Morgan fingerprint density at radius 3 is 2.29 bits per heavy atom. The number of rotatable bonds is 2. The molecule has 1 heterocycles. The third kappa shape index (κ3) is 2.78. The largest absolute Gasteiger partial charge is 0.130 e. The minimum atomic E-state index is 0.206. The van der Waals surface area contributed by atoms with Gasteiger partial charge in [-0.25, -0.2) is 0 Å². The van der Waals surface area contributed by atoms with Gasteiger partial charge in [-0.15, -0.1) is 11.3 Å². The summed E-state index contributed by atoms with van der Waals surface area (Å²) in [5, 5.41) is 0.778. The molecule has 17 heavy (non-hydrogen) atoms. The highest BCUT2D eigenvalue weighted by atomic mass is 79.9. The first-order valence-corrected chi connectivity index (χ1v) is 8.06. The molecule has 0 bridgehead atoms. The quantitative estimate of drug-likeness (QED) is 0.527. The summed E-state index contributed by atoms with van der Waals surface area (Å²) in [6, 6.07) is 8.38. The van der Waals surface area contributed by atoms with Crippen LogP contribution in [-0.2, 0) is 0 Å². The predicted octanol–water partition coefficient (Wildman–Crippen LogP) is 6.27. The summed E-state index contributed by atoms with van der Waals surface area (Å²) in [5.74, 6) is 0. The van der Waals surface area contributed by atoms with Crippen LogP contribution in [0.5, 0.6) is 0 Å². The van der Waals surface area contributed by atoms with Crippen LogP contribution in [0.4, 0.5) is 0 Å². The molecule has 0 aliphatic rings. The van der Waals surface area contributed by atoms with Crippen LogP contribution in [0.25, 0.3) is 0 Å². The molecule has 2 rings (SSSR count). The fraction of sp³-hybridized carbons (Fsp3) is 0.231. The molecule has 0 amide bonds. The molecule has 0 aliphatic heterocycles. The molecule has 0 radical (unpaired) electrons. The van der Waals surface area contributed by atoms with Crippen LogP contribution in [0.2, 0.25) is 5.02 Å². The number of thiophene rings is 1. The van der Waals surface area contributed by atoms with Crippen molar-refractivity contribution < 1.29 is 0 Å². The van der Waals surface area contributed by atoms with Crippen LogP contribution in [0.3, 0.4) is 0 Å². The molecule has 1 aromatic heterocycles. The van der Waals surface area contributed by atoms with Crippen LogP contribution >= 0.6 is 54.8 Å².